The maximum atomic E-state index is 12.5. The number of amides is 1. The third-order valence-electron chi connectivity index (χ3n) is 4.12. The zero-order valence-electron chi connectivity index (χ0n) is 14.7. The second-order valence-electron chi connectivity index (χ2n) is 7.08. The van der Waals surface area contributed by atoms with Crippen molar-refractivity contribution >= 4 is 12.1 Å². The Labute approximate surface area is 145 Å². The van der Waals surface area contributed by atoms with Crippen molar-refractivity contribution in [3.8, 4) is 0 Å². The van der Waals surface area contributed by atoms with Crippen LogP contribution in [0.3, 0.4) is 0 Å². The van der Waals surface area contributed by atoms with Gasteiger partial charge in [-0.15, -0.1) is 0 Å². The number of aromatic carboxylic acids is 1. The number of carbonyl (C=O) groups excluding carboxylic acids is 1. The summed E-state index contributed by atoms with van der Waals surface area (Å²) in [7, 11) is 0. The molecule has 2 rings (SSSR count). The number of carbonyl (C=O) groups is 2. The Morgan fingerprint density at radius 1 is 1.28 bits per heavy atom. The number of aliphatic hydroxyl groups is 1. The van der Waals surface area contributed by atoms with Gasteiger partial charge in [0.25, 0.3) is 5.56 Å². The summed E-state index contributed by atoms with van der Waals surface area (Å²) in [6, 6.07) is 1.18. The summed E-state index contributed by atoms with van der Waals surface area (Å²) in [5.41, 5.74) is -1.37. The fraction of sp³-hybridized carbons (Fsp3) is 0.588. The van der Waals surface area contributed by atoms with Crippen LogP contribution in [0.25, 0.3) is 0 Å². The number of likely N-dealkylation sites (tertiary alicyclic amines) is 1. The molecule has 1 aliphatic rings. The summed E-state index contributed by atoms with van der Waals surface area (Å²) in [5, 5.41) is 18.4. The summed E-state index contributed by atoms with van der Waals surface area (Å²) in [6.45, 7) is 5.67. The number of hydrogen-bond acceptors (Lipinski definition) is 5. The fourth-order valence-corrected chi connectivity index (χ4v) is 2.89. The lowest BCUT2D eigenvalue weighted by Crippen LogP contribution is -2.43. The highest BCUT2D eigenvalue weighted by Gasteiger charge is 2.28. The third-order valence-corrected chi connectivity index (χ3v) is 4.12. The molecule has 1 saturated heterocycles. The van der Waals surface area contributed by atoms with Crippen LogP contribution < -0.4 is 5.56 Å². The molecule has 8 heteroatoms. The third kappa shape index (κ3) is 4.39. The second kappa shape index (κ2) is 7.26. The highest BCUT2D eigenvalue weighted by molar-refractivity contribution is 5.89. The van der Waals surface area contributed by atoms with Crippen LogP contribution in [-0.2, 0) is 11.3 Å². The van der Waals surface area contributed by atoms with Crippen molar-refractivity contribution in [2.45, 2.75) is 51.9 Å². The second-order valence-corrected chi connectivity index (χ2v) is 7.08. The molecule has 0 unspecified atom stereocenters. The van der Waals surface area contributed by atoms with E-state index < -0.39 is 23.7 Å². The molecule has 8 nitrogen and oxygen atoms in total. The van der Waals surface area contributed by atoms with Crippen molar-refractivity contribution < 1.29 is 24.5 Å². The largest absolute Gasteiger partial charge is 0.478 e. The Morgan fingerprint density at radius 3 is 2.36 bits per heavy atom. The van der Waals surface area contributed by atoms with E-state index in [1.807, 2.05) is 0 Å². The average Bonchev–Trinajstić information content (AvgIpc) is 2.53. The van der Waals surface area contributed by atoms with Crippen molar-refractivity contribution in [2.24, 2.45) is 0 Å². The Kier molecular flexibility index (Phi) is 5.52. The summed E-state index contributed by atoms with van der Waals surface area (Å²) < 4.78 is 6.79. The van der Waals surface area contributed by atoms with Crippen molar-refractivity contribution in [1.29, 1.82) is 0 Å². The zero-order chi connectivity index (χ0) is 18.8. The Bertz CT molecular complexity index is 711. The van der Waals surface area contributed by atoms with Gasteiger partial charge in [0.1, 0.15) is 5.60 Å². The molecule has 0 aromatic carbocycles. The smallest absolute Gasteiger partial charge is 0.410 e. The number of carboxylic acid groups (broad SMARTS) is 1. The number of ether oxygens (including phenoxy) is 1. The van der Waals surface area contributed by atoms with Gasteiger partial charge in [0.05, 0.1) is 17.7 Å². The summed E-state index contributed by atoms with van der Waals surface area (Å²) in [4.78, 5) is 37.3. The minimum Gasteiger partial charge on any atom is -0.478 e. The normalized spacial score (nSPS) is 15.9. The monoisotopic (exact) mass is 352 g/mol. The van der Waals surface area contributed by atoms with Gasteiger partial charge in [-0.2, -0.15) is 0 Å². The number of aromatic nitrogens is 1. The minimum absolute atomic E-state index is 0.121. The van der Waals surface area contributed by atoms with Gasteiger partial charge >= 0.3 is 12.1 Å². The van der Waals surface area contributed by atoms with Gasteiger partial charge in [-0.3, -0.25) is 4.79 Å². The van der Waals surface area contributed by atoms with Crippen LogP contribution in [0.2, 0.25) is 0 Å². The Morgan fingerprint density at radius 2 is 1.88 bits per heavy atom. The molecule has 25 heavy (non-hydrogen) atoms. The van der Waals surface area contributed by atoms with Gasteiger partial charge in [0.15, 0.2) is 0 Å². The summed E-state index contributed by atoms with van der Waals surface area (Å²) in [5.74, 6) is -1.24. The first kappa shape index (κ1) is 19.0. The van der Waals surface area contributed by atoms with Crippen LogP contribution >= 0.6 is 0 Å². The number of hydrogen-bond donors (Lipinski definition) is 2. The van der Waals surface area contributed by atoms with E-state index in [-0.39, 0.29) is 23.3 Å². The topological polar surface area (TPSA) is 109 Å². The van der Waals surface area contributed by atoms with E-state index in [1.165, 1.54) is 16.8 Å². The van der Waals surface area contributed by atoms with Gasteiger partial charge in [-0.25, -0.2) is 9.59 Å². The number of piperidine rings is 1. The number of carboxylic acids is 1. The molecule has 0 radical (unpaired) electrons. The van der Waals surface area contributed by atoms with Crippen LogP contribution in [-0.4, -0.2) is 50.4 Å². The van der Waals surface area contributed by atoms with E-state index in [1.54, 1.807) is 25.7 Å². The molecule has 138 valence electrons. The molecule has 0 atom stereocenters. The van der Waals surface area contributed by atoms with Gasteiger partial charge < -0.3 is 24.4 Å². The molecule has 1 aliphatic heterocycles. The first-order valence-electron chi connectivity index (χ1n) is 8.20. The van der Waals surface area contributed by atoms with Gasteiger partial charge in [-0.05, 0) is 39.7 Å². The fourth-order valence-electron chi connectivity index (χ4n) is 2.89. The van der Waals surface area contributed by atoms with Crippen molar-refractivity contribution in [3.05, 3.63) is 33.7 Å². The molecule has 1 aromatic heterocycles. The van der Waals surface area contributed by atoms with Crippen molar-refractivity contribution in [2.75, 3.05) is 13.1 Å². The molecule has 1 aromatic rings. The van der Waals surface area contributed by atoms with Crippen molar-refractivity contribution in [1.82, 2.24) is 9.47 Å². The highest BCUT2D eigenvalue weighted by atomic mass is 16.6. The predicted octanol–water partition coefficient (Wildman–Crippen LogP) is 1.61. The molecule has 0 saturated carbocycles. The molecular weight excluding hydrogens is 328 g/mol. The maximum absolute atomic E-state index is 12.5. The van der Waals surface area contributed by atoms with Crippen LogP contribution in [0, 0.1) is 0 Å². The van der Waals surface area contributed by atoms with Crippen LogP contribution in [0.1, 0.15) is 55.6 Å². The quantitative estimate of drug-likeness (QED) is 0.855. The number of pyridine rings is 1. The van der Waals surface area contributed by atoms with Crippen LogP contribution in [0.5, 0.6) is 0 Å². The lowest BCUT2D eigenvalue weighted by Gasteiger charge is -2.34. The van der Waals surface area contributed by atoms with Gasteiger partial charge in [-0.1, -0.05) is 0 Å². The van der Waals surface area contributed by atoms with E-state index in [9.17, 15) is 19.5 Å². The van der Waals surface area contributed by atoms with E-state index in [2.05, 4.69) is 0 Å². The Balaban J connectivity index is 2.12. The minimum atomic E-state index is -1.24. The van der Waals surface area contributed by atoms with Crippen molar-refractivity contribution in [3.63, 3.8) is 0 Å². The molecule has 1 fully saturated rings. The lowest BCUT2D eigenvalue weighted by molar-refractivity contribution is 0.0187. The predicted molar refractivity (Wildman–Crippen MR) is 89.7 cm³/mol. The first-order chi connectivity index (χ1) is 11.6. The molecular formula is C17H24N2O6. The summed E-state index contributed by atoms with van der Waals surface area (Å²) >= 11 is 0. The van der Waals surface area contributed by atoms with Gasteiger partial charge in [0, 0.05) is 25.3 Å². The molecule has 2 N–H and O–H groups in total. The highest BCUT2D eigenvalue weighted by Crippen LogP contribution is 2.23. The number of rotatable bonds is 3. The zero-order valence-corrected chi connectivity index (χ0v) is 14.7. The standard InChI is InChI=1S/C17H24N2O6/c1-17(2,3)25-16(24)18-7-4-11(5-8-18)19-9-6-12(15(22)23)13(10-20)14(19)21/h6,9,11,20H,4-5,7-8,10H2,1-3H3,(H,22,23). The molecule has 1 amide bonds. The van der Waals surface area contributed by atoms with E-state index in [0.717, 1.165) is 0 Å². The average molecular weight is 352 g/mol. The molecule has 0 aliphatic carbocycles. The lowest BCUT2D eigenvalue weighted by atomic mass is 10.0. The molecule has 0 bridgehead atoms. The summed E-state index contributed by atoms with van der Waals surface area (Å²) in [6.07, 6.45) is 2.17. The number of aliphatic hydroxyl groups excluding tert-OH is 1. The van der Waals surface area contributed by atoms with E-state index >= 15 is 0 Å². The SMILES string of the molecule is CC(C)(C)OC(=O)N1CCC(n2ccc(C(=O)O)c(CO)c2=O)CC1. The number of nitrogens with zero attached hydrogens (tertiary/aromatic N) is 2. The maximum Gasteiger partial charge on any atom is 0.410 e. The van der Waals surface area contributed by atoms with E-state index in [4.69, 9.17) is 9.84 Å². The van der Waals surface area contributed by atoms with Crippen LogP contribution in [0.15, 0.2) is 17.1 Å². The molecule has 0 spiro atoms. The first-order valence-corrected chi connectivity index (χ1v) is 8.20. The van der Waals surface area contributed by atoms with Gasteiger partial charge in [0.2, 0.25) is 0 Å². The van der Waals surface area contributed by atoms with Crippen LogP contribution in [0.4, 0.5) is 4.79 Å². The van der Waals surface area contributed by atoms with E-state index in [0.29, 0.717) is 25.9 Å². The molecule has 2 heterocycles. The Hall–Kier alpha value is -2.35.